The molecule has 2 aliphatic rings. The van der Waals surface area contributed by atoms with Crippen molar-refractivity contribution in [1.82, 2.24) is 10.2 Å². The molecule has 2 fully saturated rings. The second-order valence-electron chi connectivity index (χ2n) is 6.97. The van der Waals surface area contributed by atoms with Crippen molar-refractivity contribution in [2.45, 2.75) is 58.9 Å². The Hall–Kier alpha value is -0.840. The zero-order valence-corrected chi connectivity index (χ0v) is 13.5. The van der Waals surface area contributed by atoms with Gasteiger partial charge < -0.3 is 14.5 Å². The van der Waals surface area contributed by atoms with Crippen molar-refractivity contribution in [2.24, 2.45) is 5.92 Å². The van der Waals surface area contributed by atoms with E-state index in [1.807, 2.05) is 0 Å². The summed E-state index contributed by atoms with van der Waals surface area (Å²) >= 11 is 0. The summed E-state index contributed by atoms with van der Waals surface area (Å²) in [6.45, 7) is 11.5. The van der Waals surface area contributed by atoms with Crippen LogP contribution in [0.4, 0.5) is 0 Å². The Labute approximate surface area is 127 Å². The van der Waals surface area contributed by atoms with Crippen LogP contribution in [0, 0.1) is 12.8 Å². The van der Waals surface area contributed by atoms with Crippen molar-refractivity contribution >= 4 is 0 Å². The van der Waals surface area contributed by atoms with Gasteiger partial charge in [0.25, 0.3) is 0 Å². The number of fused-ring (bicyclic) bond motifs is 2. The van der Waals surface area contributed by atoms with Crippen LogP contribution >= 0.6 is 0 Å². The Balaban J connectivity index is 1.54. The second-order valence-corrected chi connectivity index (χ2v) is 6.97. The van der Waals surface area contributed by atoms with E-state index in [0.29, 0.717) is 18.1 Å². The van der Waals surface area contributed by atoms with Gasteiger partial charge in [0.1, 0.15) is 11.5 Å². The number of hydrogen-bond acceptors (Lipinski definition) is 4. The smallest absolute Gasteiger partial charge is 0.118 e. The SMILES string of the molecule is Cc1oc(CN2CC3CCC(C2)O3)cc1CNCC(C)C. The van der Waals surface area contributed by atoms with Crippen LogP contribution in [0.15, 0.2) is 10.5 Å². The molecule has 4 nitrogen and oxygen atoms in total. The maximum Gasteiger partial charge on any atom is 0.118 e. The van der Waals surface area contributed by atoms with E-state index in [-0.39, 0.29) is 0 Å². The van der Waals surface area contributed by atoms with Gasteiger partial charge in [0.05, 0.1) is 18.8 Å². The van der Waals surface area contributed by atoms with Gasteiger partial charge in [-0.2, -0.15) is 0 Å². The highest BCUT2D eigenvalue weighted by Gasteiger charge is 2.33. The van der Waals surface area contributed by atoms with Crippen LogP contribution < -0.4 is 5.32 Å². The molecule has 0 aromatic carbocycles. The predicted octanol–water partition coefficient (Wildman–Crippen LogP) is 2.70. The third-order valence-electron chi connectivity index (χ3n) is 4.44. The van der Waals surface area contributed by atoms with Gasteiger partial charge in [0.15, 0.2) is 0 Å². The number of likely N-dealkylation sites (tertiary alicyclic amines) is 1. The molecule has 0 radical (unpaired) electrons. The first kappa shape index (κ1) is 15.1. The molecule has 3 heterocycles. The molecule has 21 heavy (non-hydrogen) atoms. The Bertz CT molecular complexity index is 457. The second kappa shape index (κ2) is 6.51. The molecule has 2 bridgehead atoms. The van der Waals surface area contributed by atoms with E-state index in [1.165, 1.54) is 18.4 Å². The first-order chi connectivity index (χ1) is 10.1. The number of ether oxygens (including phenoxy) is 1. The highest BCUT2D eigenvalue weighted by Crippen LogP contribution is 2.27. The summed E-state index contributed by atoms with van der Waals surface area (Å²) in [5.74, 6) is 2.83. The minimum Gasteiger partial charge on any atom is -0.465 e. The van der Waals surface area contributed by atoms with Crippen molar-refractivity contribution in [3.05, 3.63) is 23.2 Å². The van der Waals surface area contributed by atoms with Gasteiger partial charge in [-0.3, -0.25) is 4.90 Å². The summed E-state index contributed by atoms with van der Waals surface area (Å²) in [6, 6.07) is 2.22. The van der Waals surface area contributed by atoms with Crippen molar-refractivity contribution < 1.29 is 9.15 Å². The van der Waals surface area contributed by atoms with Crippen LogP contribution in [-0.2, 0) is 17.8 Å². The number of nitrogens with zero attached hydrogens (tertiary/aromatic N) is 1. The van der Waals surface area contributed by atoms with Crippen molar-refractivity contribution in [1.29, 1.82) is 0 Å². The quantitative estimate of drug-likeness (QED) is 0.875. The molecule has 2 saturated heterocycles. The number of morpholine rings is 1. The highest BCUT2D eigenvalue weighted by molar-refractivity contribution is 5.20. The maximum absolute atomic E-state index is 5.94. The monoisotopic (exact) mass is 292 g/mol. The Morgan fingerprint density at radius 1 is 1.29 bits per heavy atom. The molecule has 1 aromatic heterocycles. The lowest BCUT2D eigenvalue weighted by Crippen LogP contribution is -2.41. The fourth-order valence-corrected chi connectivity index (χ4v) is 3.39. The molecule has 0 saturated carbocycles. The first-order valence-electron chi connectivity index (χ1n) is 8.27. The molecule has 2 aliphatic heterocycles. The van der Waals surface area contributed by atoms with Crippen LogP contribution in [0.2, 0.25) is 0 Å². The summed E-state index contributed by atoms with van der Waals surface area (Å²) in [6.07, 6.45) is 3.35. The average Bonchev–Trinajstić information content (AvgIpc) is 2.92. The standard InChI is InChI=1S/C17H28N2O2/c1-12(2)7-18-8-14-6-17(20-13(14)3)11-19-9-15-4-5-16(10-19)21-15/h6,12,15-16,18H,4-5,7-11H2,1-3H3. The van der Waals surface area contributed by atoms with Crippen molar-refractivity contribution in [2.75, 3.05) is 19.6 Å². The summed E-state index contributed by atoms with van der Waals surface area (Å²) in [4.78, 5) is 2.48. The molecule has 2 atom stereocenters. The molecule has 0 aliphatic carbocycles. The fraction of sp³-hybridized carbons (Fsp3) is 0.765. The molecule has 1 aromatic rings. The third-order valence-corrected chi connectivity index (χ3v) is 4.44. The summed E-state index contributed by atoms with van der Waals surface area (Å²) in [5.41, 5.74) is 1.29. The fourth-order valence-electron chi connectivity index (χ4n) is 3.39. The van der Waals surface area contributed by atoms with E-state index >= 15 is 0 Å². The zero-order valence-electron chi connectivity index (χ0n) is 13.5. The van der Waals surface area contributed by atoms with Crippen molar-refractivity contribution in [3.63, 3.8) is 0 Å². The highest BCUT2D eigenvalue weighted by atomic mass is 16.5. The van der Waals surface area contributed by atoms with Gasteiger partial charge in [-0.1, -0.05) is 13.8 Å². The molecule has 4 heteroatoms. The zero-order chi connectivity index (χ0) is 14.8. The summed E-state index contributed by atoms with van der Waals surface area (Å²) in [7, 11) is 0. The summed E-state index contributed by atoms with van der Waals surface area (Å²) in [5, 5.41) is 3.49. The van der Waals surface area contributed by atoms with Gasteiger partial charge in [-0.05, 0) is 38.3 Å². The minimum atomic E-state index is 0.451. The Kier molecular flexibility index (Phi) is 4.67. The summed E-state index contributed by atoms with van der Waals surface area (Å²) < 4.78 is 11.8. The van der Waals surface area contributed by atoms with Gasteiger partial charge in [-0.25, -0.2) is 0 Å². The Morgan fingerprint density at radius 3 is 2.67 bits per heavy atom. The molecule has 0 amide bonds. The molecular formula is C17H28N2O2. The van der Waals surface area contributed by atoms with Crippen LogP contribution in [0.1, 0.15) is 43.8 Å². The van der Waals surface area contributed by atoms with Gasteiger partial charge in [-0.15, -0.1) is 0 Å². The lowest BCUT2D eigenvalue weighted by molar-refractivity contribution is -0.0427. The molecule has 1 N–H and O–H groups in total. The topological polar surface area (TPSA) is 37.6 Å². The molecule has 3 rings (SSSR count). The number of furan rings is 1. The first-order valence-corrected chi connectivity index (χ1v) is 8.27. The lowest BCUT2D eigenvalue weighted by atomic mass is 10.2. The van der Waals surface area contributed by atoms with E-state index in [9.17, 15) is 0 Å². The minimum absolute atomic E-state index is 0.451. The maximum atomic E-state index is 5.94. The molecule has 0 spiro atoms. The number of rotatable bonds is 6. The number of nitrogens with one attached hydrogen (secondary N) is 1. The largest absolute Gasteiger partial charge is 0.465 e. The van der Waals surface area contributed by atoms with Gasteiger partial charge >= 0.3 is 0 Å². The van der Waals surface area contributed by atoms with Gasteiger partial charge in [0.2, 0.25) is 0 Å². The van der Waals surface area contributed by atoms with Crippen LogP contribution in [0.5, 0.6) is 0 Å². The predicted molar refractivity (Wildman–Crippen MR) is 83.2 cm³/mol. The van der Waals surface area contributed by atoms with E-state index in [2.05, 4.69) is 37.1 Å². The van der Waals surface area contributed by atoms with Crippen molar-refractivity contribution in [3.8, 4) is 0 Å². The third kappa shape index (κ3) is 3.87. The van der Waals surface area contributed by atoms with E-state index in [4.69, 9.17) is 9.15 Å². The van der Waals surface area contributed by atoms with E-state index in [0.717, 1.165) is 44.2 Å². The molecule has 118 valence electrons. The number of hydrogen-bond donors (Lipinski definition) is 1. The van der Waals surface area contributed by atoms with Gasteiger partial charge in [0, 0.05) is 25.2 Å². The van der Waals surface area contributed by atoms with Crippen LogP contribution in [0.25, 0.3) is 0 Å². The average molecular weight is 292 g/mol. The van der Waals surface area contributed by atoms with Crippen LogP contribution in [-0.4, -0.2) is 36.7 Å². The molecule has 2 unspecified atom stereocenters. The van der Waals surface area contributed by atoms with E-state index < -0.39 is 0 Å². The van der Waals surface area contributed by atoms with E-state index in [1.54, 1.807) is 0 Å². The number of aryl methyl sites for hydroxylation is 1. The Morgan fingerprint density at radius 2 is 2.00 bits per heavy atom. The lowest BCUT2D eigenvalue weighted by Gasteiger charge is -2.31. The normalized spacial score (nSPS) is 25.9. The van der Waals surface area contributed by atoms with Crippen LogP contribution in [0.3, 0.4) is 0 Å². The molecular weight excluding hydrogens is 264 g/mol.